The molecule has 32 heavy (non-hydrogen) atoms. The van der Waals surface area contributed by atoms with E-state index in [1.807, 2.05) is 19.9 Å². The minimum Gasteiger partial charge on any atom is -0.493 e. The van der Waals surface area contributed by atoms with Crippen LogP contribution in [0.25, 0.3) is 0 Å². The number of carbonyl (C=O) groups is 1. The highest BCUT2D eigenvalue weighted by atomic mass is 32.2. The van der Waals surface area contributed by atoms with Crippen LogP contribution in [0.5, 0.6) is 11.5 Å². The summed E-state index contributed by atoms with van der Waals surface area (Å²) in [5, 5.41) is 2.75. The van der Waals surface area contributed by atoms with Crippen LogP contribution in [0, 0.1) is 13.8 Å². The van der Waals surface area contributed by atoms with Gasteiger partial charge in [-0.25, -0.2) is 8.42 Å². The van der Waals surface area contributed by atoms with E-state index in [1.165, 1.54) is 13.2 Å². The number of hydrogen-bond donors (Lipinski definition) is 2. The molecule has 0 saturated carbocycles. The number of nitrogens with one attached hydrogen (secondary N) is 2. The Labute approximate surface area is 188 Å². The molecule has 0 aromatic heterocycles. The predicted octanol–water partition coefficient (Wildman–Crippen LogP) is 4.76. The first-order valence-electron chi connectivity index (χ1n) is 10.1. The van der Waals surface area contributed by atoms with Gasteiger partial charge in [0.05, 0.1) is 18.6 Å². The SMILES string of the molecule is CCOc1ccc(C(=O)Nc2ccc(C)c(S(=O)(=O)Nc3cccc(C)c3)c2)cc1OC. The van der Waals surface area contributed by atoms with Crippen molar-refractivity contribution in [3.05, 3.63) is 77.4 Å². The summed E-state index contributed by atoms with van der Waals surface area (Å²) in [7, 11) is -2.35. The van der Waals surface area contributed by atoms with Crippen molar-refractivity contribution in [3.63, 3.8) is 0 Å². The van der Waals surface area contributed by atoms with E-state index in [0.29, 0.717) is 40.6 Å². The number of aryl methyl sites for hydroxylation is 2. The molecule has 0 aliphatic heterocycles. The molecule has 2 N–H and O–H groups in total. The molecule has 0 aliphatic rings. The van der Waals surface area contributed by atoms with E-state index in [9.17, 15) is 13.2 Å². The Bertz CT molecular complexity index is 1240. The van der Waals surface area contributed by atoms with Gasteiger partial charge in [0.2, 0.25) is 0 Å². The van der Waals surface area contributed by atoms with E-state index in [4.69, 9.17) is 9.47 Å². The molecule has 0 heterocycles. The number of rotatable bonds is 8. The van der Waals surface area contributed by atoms with Crippen molar-refractivity contribution < 1.29 is 22.7 Å². The number of benzene rings is 3. The number of hydrogen-bond acceptors (Lipinski definition) is 5. The Hall–Kier alpha value is -3.52. The highest BCUT2D eigenvalue weighted by Gasteiger charge is 2.19. The first kappa shape index (κ1) is 23.1. The Morgan fingerprint density at radius 3 is 2.41 bits per heavy atom. The summed E-state index contributed by atoms with van der Waals surface area (Å²) >= 11 is 0. The van der Waals surface area contributed by atoms with E-state index in [2.05, 4.69) is 10.0 Å². The molecule has 0 atom stereocenters. The minimum absolute atomic E-state index is 0.0843. The fraction of sp³-hybridized carbons (Fsp3) is 0.208. The zero-order chi connectivity index (χ0) is 23.3. The van der Waals surface area contributed by atoms with E-state index in [1.54, 1.807) is 55.5 Å². The lowest BCUT2D eigenvalue weighted by atomic mass is 10.1. The Balaban J connectivity index is 1.84. The molecule has 0 unspecified atom stereocenters. The van der Waals surface area contributed by atoms with Crippen LogP contribution in [0.3, 0.4) is 0 Å². The highest BCUT2D eigenvalue weighted by molar-refractivity contribution is 7.92. The van der Waals surface area contributed by atoms with Gasteiger partial charge in [0.1, 0.15) is 0 Å². The second-order valence-electron chi connectivity index (χ2n) is 7.21. The summed E-state index contributed by atoms with van der Waals surface area (Å²) in [6.45, 7) is 5.92. The van der Waals surface area contributed by atoms with Gasteiger partial charge in [-0.05, 0) is 74.4 Å². The number of methoxy groups -OCH3 is 1. The van der Waals surface area contributed by atoms with Gasteiger partial charge in [0.15, 0.2) is 11.5 Å². The van der Waals surface area contributed by atoms with Crippen molar-refractivity contribution in [2.45, 2.75) is 25.7 Å². The van der Waals surface area contributed by atoms with Crippen molar-refractivity contribution in [2.75, 3.05) is 23.8 Å². The largest absolute Gasteiger partial charge is 0.493 e. The zero-order valence-electron chi connectivity index (χ0n) is 18.4. The van der Waals surface area contributed by atoms with Crippen LogP contribution >= 0.6 is 0 Å². The maximum atomic E-state index is 13.0. The fourth-order valence-corrected chi connectivity index (χ4v) is 4.49. The van der Waals surface area contributed by atoms with Crippen LogP contribution in [0.2, 0.25) is 0 Å². The molecule has 3 rings (SSSR count). The lowest BCUT2D eigenvalue weighted by Gasteiger charge is -2.14. The number of sulfonamides is 1. The van der Waals surface area contributed by atoms with E-state index < -0.39 is 15.9 Å². The van der Waals surface area contributed by atoms with E-state index in [-0.39, 0.29) is 4.90 Å². The van der Waals surface area contributed by atoms with Gasteiger partial charge >= 0.3 is 0 Å². The summed E-state index contributed by atoms with van der Waals surface area (Å²) in [4.78, 5) is 12.8. The van der Waals surface area contributed by atoms with Gasteiger partial charge in [-0.3, -0.25) is 9.52 Å². The number of carbonyl (C=O) groups excluding carboxylic acids is 1. The number of anilines is 2. The molecule has 3 aromatic carbocycles. The Kier molecular flexibility index (Phi) is 7.05. The van der Waals surface area contributed by atoms with E-state index >= 15 is 0 Å². The molecule has 0 radical (unpaired) electrons. The highest BCUT2D eigenvalue weighted by Crippen LogP contribution is 2.29. The summed E-state index contributed by atoms with van der Waals surface area (Å²) in [5.74, 6) is 0.580. The molecular formula is C24H26N2O5S. The summed E-state index contributed by atoms with van der Waals surface area (Å²) < 4.78 is 39.3. The summed E-state index contributed by atoms with van der Waals surface area (Å²) in [6.07, 6.45) is 0. The topological polar surface area (TPSA) is 93.7 Å². The van der Waals surface area contributed by atoms with Crippen LogP contribution < -0.4 is 19.5 Å². The van der Waals surface area contributed by atoms with Gasteiger partial charge in [-0.2, -0.15) is 0 Å². The molecule has 0 fully saturated rings. The second kappa shape index (κ2) is 9.74. The van der Waals surface area contributed by atoms with Crippen molar-refractivity contribution in [1.82, 2.24) is 0 Å². The van der Waals surface area contributed by atoms with Gasteiger partial charge in [-0.1, -0.05) is 18.2 Å². The van der Waals surface area contributed by atoms with Gasteiger partial charge in [0.25, 0.3) is 15.9 Å². The van der Waals surface area contributed by atoms with Gasteiger partial charge in [0, 0.05) is 16.9 Å². The quantitative estimate of drug-likeness (QED) is 0.512. The van der Waals surface area contributed by atoms with Crippen LogP contribution in [-0.2, 0) is 10.0 Å². The predicted molar refractivity (Wildman–Crippen MR) is 125 cm³/mol. The standard InChI is InChI=1S/C24H26N2O5S/c1-5-31-21-12-10-18(14-22(21)30-4)24(27)25-19-11-9-17(3)23(15-19)32(28,29)26-20-8-6-7-16(2)13-20/h6-15,26H,5H2,1-4H3,(H,25,27). The fourth-order valence-electron chi connectivity index (χ4n) is 3.17. The van der Waals surface area contributed by atoms with Crippen LogP contribution in [-0.4, -0.2) is 28.0 Å². The molecular weight excluding hydrogens is 428 g/mol. The zero-order valence-corrected chi connectivity index (χ0v) is 19.2. The summed E-state index contributed by atoms with van der Waals surface area (Å²) in [6, 6.07) is 16.7. The molecule has 0 saturated heterocycles. The maximum Gasteiger partial charge on any atom is 0.262 e. The average Bonchev–Trinajstić information content (AvgIpc) is 2.75. The monoisotopic (exact) mass is 454 g/mol. The first-order valence-corrected chi connectivity index (χ1v) is 11.5. The molecule has 7 nitrogen and oxygen atoms in total. The van der Waals surface area contributed by atoms with Gasteiger partial charge in [-0.15, -0.1) is 0 Å². The molecule has 1 amide bonds. The molecule has 0 bridgehead atoms. The van der Waals surface area contributed by atoms with Crippen LogP contribution in [0.1, 0.15) is 28.4 Å². The van der Waals surface area contributed by atoms with Gasteiger partial charge < -0.3 is 14.8 Å². The average molecular weight is 455 g/mol. The van der Waals surface area contributed by atoms with Crippen LogP contribution in [0.4, 0.5) is 11.4 Å². The third kappa shape index (κ3) is 5.39. The smallest absolute Gasteiger partial charge is 0.262 e. The summed E-state index contributed by atoms with van der Waals surface area (Å²) in [5.41, 5.74) is 2.69. The van der Waals surface area contributed by atoms with E-state index in [0.717, 1.165) is 5.56 Å². The molecule has 0 aliphatic carbocycles. The lowest BCUT2D eigenvalue weighted by Crippen LogP contribution is -2.16. The van der Waals surface area contributed by atoms with Crippen molar-refractivity contribution >= 4 is 27.3 Å². The maximum absolute atomic E-state index is 13.0. The number of ether oxygens (including phenoxy) is 2. The molecule has 0 spiro atoms. The van der Waals surface area contributed by atoms with Crippen molar-refractivity contribution in [3.8, 4) is 11.5 Å². The minimum atomic E-state index is -3.84. The van der Waals surface area contributed by atoms with Crippen molar-refractivity contribution in [1.29, 1.82) is 0 Å². The Morgan fingerprint density at radius 2 is 1.72 bits per heavy atom. The molecule has 3 aromatic rings. The third-order valence-electron chi connectivity index (χ3n) is 4.73. The normalized spacial score (nSPS) is 11.0. The number of amides is 1. The first-order chi connectivity index (χ1) is 15.2. The Morgan fingerprint density at radius 1 is 0.938 bits per heavy atom. The van der Waals surface area contributed by atoms with Crippen molar-refractivity contribution in [2.24, 2.45) is 0 Å². The third-order valence-corrected chi connectivity index (χ3v) is 6.25. The lowest BCUT2D eigenvalue weighted by molar-refractivity contribution is 0.102. The molecule has 168 valence electrons. The molecule has 8 heteroatoms. The second-order valence-corrected chi connectivity index (χ2v) is 8.86. The van der Waals surface area contributed by atoms with Crippen LogP contribution in [0.15, 0.2) is 65.6 Å².